The van der Waals surface area contributed by atoms with Gasteiger partial charge in [-0.3, -0.25) is 20.4 Å². The molecule has 0 saturated heterocycles. The lowest BCUT2D eigenvalue weighted by atomic mass is 10.1. The van der Waals surface area contributed by atoms with Crippen LogP contribution in [0.3, 0.4) is 0 Å². The minimum atomic E-state index is -0.402. The Hall–Kier alpha value is -2.24. The highest BCUT2D eigenvalue weighted by atomic mass is 16.5. The number of carbonyl (C=O) groups excluding carboxylic acids is 2. The SMILES string of the molecule is CCCCOc1ccc(C(=O)NNC(=O)CC(C)C)cc1OC. The molecule has 0 spiro atoms. The van der Waals surface area contributed by atoms with Gasteiger partial charge in [-0.15, -0.1) is 0 Å². The van der Waals surface area contributed by atoms with E-state index in [1.165, 1.54) is 7.11 Å². The van der Waals surface area contributed by atoms with Crippen LogP contribution in [0.1, 0.15) is 50.4 Å². The van der Waals surface area contributed by atoms with E-state index in [-0.39, 0.29) is 11.8 Å². The number of benzene rings is 1. The Morgan fingerprint density at radius 2 is 1.91 bits per heavy atom. The van der Waals surface area contributed by atoms with E-state index in [0.717, 1.165) is 12.8 Å². The third-order valence-corrected chi connectivity index (χ3v) is 3.09. The predicted octanol–water partition coefficient (Wildman–Crippen LogP) is 2.68. The first-order chi connectivity index (χ1) is 11.0. The zero-order chi connectivity index (χ0) is 17.2. The molecule has 6 heteroatoms. The van der Waals surface area contributed by atoms with E-state index in [1.54, 1.807) is 18.2 Å². The van der Waals surface area contributed by atoms with Crippen molar-refractivity contribution in [1.29, 1.82) is 0 Å². The van der Waals surface area contributed by atoms with E-state index in [9.17, 15) is 9.59 Å². The molecule has 1 aromatic rings. The molecule has 0 aliphatic carbocycles. The van der Waals surface area contributed by atoms with E-state index in [0.29, 0.717) is 30.1 Å². The number of hydrogen-bond donors (Lipinski definition) is 2. The van der Waals surface area contributed by atoms with Crippen LogP contribution in [-0.2, 0) is 4.79 Å². The second-order valence-corrected chi connectivity index (χ2v) is 5.67. The first-order valence-electron chi connectivity index (χ1n) is 7.88. The lowest BCUT2D eigenvalue weighted by molar-refractivity contribution is -0.122. The number of amides is 2. The Bertz CT molecular complexity index is 529. The molecule has 1 rings (SSSR count). The van der Waals surface area contributed by atoms with Gasteiger partial charge in [-0.25, -0.2) is 0 Å². The van der Waals surface area contributed by atoms with Crippen LogP contribution < -0.4 is 20.3 Å². The van der Waals surface area contributed by atoms with Crippen molar-refractivity contribution in [1.82, 2.24) is 10.9 Å². The van der Waals surface area contributed by atoms with Crippen molar-refractivity contribution in [3.63, 3.8) is 0 Å². The number of rotatable bonds is 8. The van der Waals surface area contributed by atoms with Gasteiger partial charge in [-0.05, 0) is 30.5 Å². The second-order valence-electron chi connectivity index (χ2n) is 5.67. The normalized spacial score (nSPS) is 10.3. The van der Waals surface area contributed by atoms with Crippen LogP contribution in [-0.4, -0.2) is 25.5 Å². The molecule has 128 valence electrons. The van der Waals surface area contributed by atoms with Crippen molar-refractivity contribution in [2.45, 2.75) is 40.0 Å². The first-order valence-corrected chi connectivity index (χ1v) is 7.88. The third-order valence-electron chi connectivity index (χ3n) is 3.09. The number of unbranched alkanes of at least 4 members (excludes halogenated alkanes) is 1. The van der Waals surface area contributed by atoms with Crippen molar-refractivity contribution in [3.05, 3.63) is 23.8 Å². The van der Waals surface area contributed by atoms with Gasteiger partial charge in [0, 0.05) is 12.0 Å². The van der Waals surface area contributed by atoms with E-state index < -0.39 is 5.91 Å². The molecule has 0 aliphatic heterocycles. The molecule has 0 saturated carbocycles. The molecule has 2 amide bonds. The number of ether oxygens (including phenoxy) is 2. The maximum absolute atomic E-state index is 12.1. The van der Waals surface area contributed by atoms with Gasteiger partial charge in [0.2, 0.25) is 5.91 Å². The van der Waals surface area contributed by atoms with Gasteiger partial charge >= 0.3 is 0 Å². The highest BCUT2D eigenvalue weighted by Crippen LogP contribution is 2.28. The largest absolute Gasteiger partial charge is 0.493 e. The fourth-order valence-corrected chi connectivity index (χ4v) is 1.87. The van der Waals surface area contributed by atoms with Crippen molar-refractivity contribution in [2.24, 2.45) is 5.92 Å². The number of carbonyl (C=O) groups is 2. The molecule has 0 bridgehead atoms. The summed E-state index contributed by atoms with van der Waals surface area (Å²) in [5.41, 5.74) is 5.17. The highest BCUT2D eigenvalue weighted by Gasteiger charge is 2.12. The molecule has 2 N–H and O–H groups in total. The summed E-state index contributed by atoms with van der Waals surface area (Å²) in [6.07, 6.45) is 2.35. The third kappa shape index (κ3) is 6.59. The zero-order valence-corrected chi connectivity index (χ0v) is 14.3. The maximum atomic E-state index is 12.1. The van der Waals surface area contributed by atoms with Gasteiger partial charge < -0.3 is 9.47 Å². The summed E-state index contributed by atoms with van der Waals surface area (Å²) in [5, 5.41) is 0. The van der Waals surface area contributed by atoms with Crippen LogP contribution in [0, 0.1) is 5.92 Å². The van der Waals surface area contributed by atoms with E-state index in [2.05, 4.69) is 17.8 Å². The summed E-state index contributed by atoms with van der Waals surface area (Å²) in [5.74, 6) is 0.690. The minimum Gasteiger partial charge on any atom is -0.493 e. The van der Waals surface area contributed by atoms with Gasteiger partial charge in [0.25, 0.3) is 5.91 Å². The van der Waals surface area contributed by atoms with Crippen molar-refractivity contribution in [3.8, 4) is 11.5 Å². The van der Waals surface area contributed by atoms with E-state index >= 15 is 0 Å². The van der Waals surface area contributed by atoms with Crippen LogP contribution in [0.15, 0.2) is 18.2 Å². The standard InChI is InChI=1S/C17H26N2O4/c1-5-6-9-23-14-8-7-13(11-15(14)22-4)17(21)19-18-16(20)10-12(2)3/h7-8,11-12H,5-6,9-10H2,1-4H3,(H,18,20)(H,19,21). The molecule has 6 nitrogen and oxygen atoms in total. The van der Waals surface area contributed by atoms with E-state index in [1.807, 2.05) is 13.8 Å². The monoisotopic (exact) mass is 322 g/mol. The maximum Gasteiger partial charge on any atom is 0.269 e. The molecular formula is C17H26N2O4. The molecule has 0 atom stereocenters. The summed E-state index contributed by atoms with van der Waals surface area (Å²) in [4.78, 5) is 23.6. The van der Waals surface area contributed by atoms with Gasteiger partial charge in [-0.2, -0.15) is 0 Å². The lowest BCUT2D eigenvalue weighted by Gasteiger charge is -2.12. The van der Waals surface area contributed by atoms with Crippen LogP contribution in [0.4, 0.5) is 0 Å². The van der Waals surface area contributed by atoms with Crippen molar-refractivity contribution >= 4 is 11.8 Å². The summed E-state index contributed by atoms with van der Waals surface area (Å²) in [7, 11) is 1.52. The van der Waals surface area contributed by atoms with Crippen LogP contribution in [0.2, 0.25) is 0 Å². The molecule has 23 heavy (non-hydrogen) atoms. The molecule has 0 aliphatic rings. The summed E-state index contributed by atoms with van der Waals surface area (Å²) in [6, 6.07) is 4.91. The molecule has 1 aromatic carbocycles. The zero-order valence-electron chi connectivity index (χ0n) is 14.3. The van der Waals surface area contributed by atoms with Crippen LogP contribution >= 0.6 is 0 Å². The molecule has 0 fully saturated rings. The molecule has 0 unspecified atom stereocenters. The number of hydrogen-bond acceptors (Lipinski definition) is 4. The summed E-state index contributed by atoms with van der Waals surface area (Å²) in [6.45, 7) is 6.55. The Balaban J connectivity index is 2.65. The molecule has 0 heterocycles. The first kappa shape index (κ1) is 18.8. The summed E-state index contributed by atoms with van der Waals surface area (Å²) < 4.78 is 10.9. The topological polar surface area (TPSA) is 76.7 Å². The number of methoxy groups -OCH3 is 1. The Kier molecular flexibility index (Phi) is 7.94. The fourth-order valence-electron chi connectivity index (χ4n) is 1.87. The lowest BCUT2D eigenvalue weighted by Crippen LogP contribution is -2.42. The van der Waals surface area contributed by atoms with Gasteiger partial charge in [-0.1, -0.05) is 27.2 Å². The van der Waals surface area contributed by atoms with Crippen molar-refractivity contribution < 1.29 is 19.1 Å². The fraction of sp³-hybridized carbons (Fsp3) is 0.529. The Labute approximate surface area is 137 Å². The summed E-state index contributed by atoms with van der Waals surface area (Å²) >= 11 is 0. The Morgan fingerprint density at radius 1 is 1.17 bits per heavy atom. The van der Waals surface area contributed by atoms with Gasteiger partial charge in [0.1, 0.15) is 0 Å². The van der Waals surface area contributed by atoms with Crippen LogP contribution in [0.5, 0.6) is 11.5 Å². The Morgan fingerprint density at radius 3 is 2.52 bits per heavy atom. The van der Waals surface area contributed by atoms with Crippen molar-refractivity contribution in [2.75, 3.05) is 13.7 Å². The average molecular weight is 322 g/mol. The van der Waals surface area contributed by atoms with Crippen LogP contribution in [0.25, 0.3) is 0 Å². The highest BCUT2D eigenvalue weighted by molar-refractivity contribution is 5.96. The predicted molar refractivity (Wildman–Crippen MR) is 88.5 cm³/mol. The smallest absolute Gasteiger partial charge is 0.269 e. The molecular weight excluding hydrogens is 296 g/mol. The number of nitrogens with one attached hydrogen (secondary N) is 2. The minimum absolute atomic E-state index is 0.222. The van der Waals surface area contributed by atoms with E-state index in [4.69, 9.17) is 9.47 Å². The van der Waals surface area contributed by atoms with Gasteiger partial charge in [0.05, 0.1) is 13.7 Å². The molecule has 0 radical (unpaired) electrons. The molecule has 0 aromatic heterocycles. The quantitative estimate of drug-likeness (QED) is 0.570. The number of hydrazine groups is 1. The second kappa shape index (κ2) is 9.71. The average Bonchev–Trinajstić information content (AvgIpc) is 2.52. The van der Waals surface area contributed by atoms with Gasteiger partial charge in [0.15, 0.2) is 11.5 Å².